The molecule has 0 aromatic heterocycles. The molecule has 128 valence electrons. The van der Waals surface area contributed by atoms with Crippen LogP contribution < -0.4 is 10.1 Å². The van der Waals surface area contributed by atoms with Gasteiger partial charge in [-0.25, -0.2) is 4.79 Å². The quantitative estimate of drug-likeness (QED) is 0.523. The summed E-state index contributed by atoms with van der Waals surface area (Å²) in [6.45, 7) is 1.16. The number of rotatable bonds is 8. The van der Waals surface area contributed by atoms with E-state index in [0.29, 0.717) is 34.6 Å². The van der Waals surface area contributed by atoms with Gasteiger partial charge in [0.2, 0.25) is 0 Å². The van der Waals surface area contributed by atoms with E-state index in [1.807, 2.05) is 0 Å². The molecule has 0 saturated carbocycles. The first-order valence-corrected chi connectivity index (χ1v) is 8.87. The minimum absolute atomic E-state index is 0.242. The summed E-state index contributed by atoms with van der Waals surface area (Å²) in [6.07, 6.45) is 1.63. The lowest BCUT2D eigenvalue weighted by atomic mass is 10.1. The molecule has 0 radical (unpaired) electrons. The number of unbranched alkanes of at least 4 members (excludes halogenated alkanes) is 1. The Bertz CT molecular complexity index is 725. The molecule has 4 nitrogen and oxygen atoms in total. The molecular weight excluding hydrogens is 417 g/mol. The van der Waals surface area contributed by atoms with Crippen LogP contribution in [0.4, 0.5) is 5.69 Å². The van der Waals surface area contributed by atoms with Gasteiger partial charge in [-0.3, -0.25) is 0 Å². The van der Waals surface area contributed by atoms with E-state index in [4.69, 9.17) is 27.9 Å². The molecule has 24 heavy (non-hydrogen) atoms. The number of anilines is 1. The molecule has 0 aliphatic carbocycles. The van der Waals surface area contributed by atoms with Crippen molar-refractivity contribution in [3.8, 4) is 5.75 Å². The third-order valence-corrected chi connectivity index (χ3v) is 4.29. The lowest BCUT2D eigenvalue weighted by Crippen LogP contribution is -2.09. The fraction of sp³-hybridized carbons (Fsp3) is 0.235. The Labute approximate surface area is 158 Å². The van der Waals surface area contributed by atoms with Gasteiger partial charge in [-0.05, 0) is 43.2 Å². The fourth-order valence-electron chi connectivity index (χ4n) is 2.07. The maximum atomic E-state index is 11.2. The second kappa shape index (κ2) is 9.16. The first kappa shape index (κ1) is 18.9. The van der Waals surface area contributed by atoms with E-state index in [-0.39, 0.29) is 5.56 Å². The van der Waals surface area contributed by atoms with Crippen LogP contribution in [0.2, 0.25) is 10.0 Å². The van der Waals surface area contributed by atoms with Gasteiger partial charge in [-0.1, -0.05) is 39.1 Å². The number of carbonyl (C=O) groups is 1. The lowest BCUT2D eigenvalue weighted by molar-refractivity contribution is 0.0698. The van der Waals surface area contributed by atoms with Crippen molar-refractivity contribution in [2.24, 2.45) is 0 Å². The first-order chi connectivity index (χ1) is 11.5. The summed E-state index contributed by atoms with van der Waals surface area (Å²) in [5.41, 5.74) is 0.843. The van der Waals surface area contributed by atoms with Crippen LogP contribution in [-0.4, -0.2) is 24.2 Å². The highest BCUT2D eigenvalue weighted by molar-refractivity contribution is 9.10. The van der Waals surface area contributed by atoms with Crippen molar-refractivity contribution in [2.75, 3.05) is 18.5 Å². The molecule has 0 heterocycles. The molecule has 2 rings (SSSR count). The molecule has 0 atom stereocenters. The average molecular weight is 433 g/mol. The van der Waals surface area contributed by atoms with Crippen LogP contribution in [0, 0.1) is 0 Å². The maximum absolute atomic E-state index is 11.2. The Kier molecular flexibility index (Phi) is 7.21. The Morgan fingerprint density at radius 3 is 2.71 bits per heavy atom. The highest BCUT2D eigenvalue weighted by Crippen LogP contribution is 2.27. The van der Waals surface area contributed by atoms with E-state index in [1.54, 1.807) is 36.4 Å². The first-order valence-electron chi connectivity index (χ1n) is 7.32. The van der Waals surface area contributed by atoms with Gasteiger partial charge in [-0.2, -0.15) is 0 Å². The third-order valence-electron chi connectivity index (χ3n) is 3.25. The topological polar surface area (TPSA) is 58.6 Å². The number of hydrogen-bond acceptors (Lipinski definition) is 3. The number of carboxylic acids is 1. The molecule has 0 unspecified atom stereocenters. The zero-order chi connectivity index (χ0) is 17.5. The van der Waals surface area contributed by atoms with Crippen molar-refractivity contribution in [2.45, 2.75) is 12.8 Å². The van der Waals surface area contributed by atoms with E-state index in [9.17, 15) is 9.90 Å². The molecule has 0 saturated heterocycles. The minimum Gasteiger partial charge on any atom is -0.492 e. The Hall–Kier alpha value is -1.43. The van der Waals surface area contributed by atoms with Crippen molar-refractivity contribution in [1.82, 2.24) is 0 Å². The van der Waals surface area contributed by atoms with Crippen molar-refractivity contribution in [3.05, 3.63) is 56.5 Å². The zero-order valence-electron chi connectivity index (χ0n) is 12.7. The zero-order valence-corrected chi connectivity index (χ0v) is 15.8. The molecule has 2 N–H and O–H groups in total. The highest BCUT2D eigenvalue weighted by Gasteiger charge is 2.10. The third kappa shape index (κ3) is 5.58. The second-order valence-electron chi connectivity index (χ2n) is 5.05. The van der Waals surface area contributed by atoms with Gasteiger partial charge in [0.15, 0.2) is 0 Å². The van der Waals surface area contributed by atoms with Gasteiger partial charge in [0, 0.05) is 27.8 Å². The number of halogens is 3. The van der Waals surface area contributed by atoms with Gasteiger partial charge < -0.3 is 15.2 Å². The van der Waals surface area contributed by atoms with Crippen LogP contribution in [0.25, 0.3) is 0 Å². The van der Waals surface area contributed by atoms with Gasteiger partial charge in [0.05, 0.1) is 17.2 Å². The monoisotopic (exact) mass is 431 g/mol. The van der Waals surface area contributed by atoms with Gasteiger partial charge in [0.1, 0.15) is 5.75 Å². The van der Waals surface area contributed by atoms with Crippen molar-refractivity contribution < 1.29 is 14.6 Å². The average Bonchev–Trinajstić information content (AvgIpc) is 2.54. The SMILES string of the molecule is O=C(O)c1cc(Br)ccc1NCCCCOc1cc(Cl)ccc1Cl. The van der Waals surface area contributed by atoms with E-state index in [0.717, 1.165) is 17.3 Å². The molecule has 7 heteroatoms. The van der Waals surface area contributed by atoms with E-state index in [1.165, 1.54) is 0 Å². The number of hydrogen-bond donors (Lipinski definition) is 2. The Morgan fingerprint density at radius 1 is 1.17 bits per heavy atom. The standard InChI is InChI=1S/C17H16BrCl2NO3/c18-11-3-6-15(13(9-11)17(22)23)21-7-1-2-8-24-16-10-12(19)4-5-14(16)20/h3-6,9-10,21H,1-2,7-8H2,(H,22,23). The largest absolute Gasteiger partial charge is 0.492 e. The summed E-state index contributed by atoms with van der Waals surface area (Å²) in [4.78, 5) is 11.2. The van der Waals surface area contributed by atoms with Crippen LogP contribution >= 0.6 is 39.1 Å². The predicted molar refractivity (Wildman–Crippen MR) is 101 cm³/mol. The number of aromatic carboxylic acids is 1. The smallest absolute Gasteiger partial charge is 0.337 e. The fourth-order valence-corrected chi connectivity index (χ4v) is 2.76. The van der Waals surface area contributed by atoms with Gasteiger partial charge >= 0.3 is 5.97 Å². The highest BCUT2D eigenvalue weighted by atomic mass is 79.9. The summed E-state index contributed by atoms with van der Waals surface area (Å²) in [5, 5.41) is 13.4. The molecule has 2 aromatic carbocycles. The lowest BCUT2D eigenvalue weighted by Gasteiger charge is -2.11. The van der Waals surface area contributed by atoms with Crippen LogP contribution in [0.15, 0.2) is 40.9 Å². The van der Waals surface area contributed by atoms with Crippen molar-refractivity contribution in [3.63, 3.8) is 0 Å². The molecule has 2 aromatic rings. The number of ether oxygens (including phenoxy) is 1. The summed E-state index contributed by atoms with van der Waals surface area (Å²) in [6, 6.07) is 10.2. The molecule has 0 fully saturated rings. The number of carboxylic acid groups (broad SMARTS) is 1. The summed E-state index contributed by atoms with van der Waals surface area (Å²) < 4.78 is 6.34. The van der Waals surface area contributed by atoms with E-state index < -0.39 is 5.97 Å². The molecule has 0 bridgehead atoms. The Morgan fingerprint density at radius 2 is 1.96 bits per heavy atom. The molecule has 0 aliphatic heterocycles. The van der Waals surface area contributed by atoms with Crippen molar-refractivity contribution >= 4 is 50.8 Å². The van der Waals surface area contributed by atoms with Crippen LogP contribution in [0.5, 0.6) is 5.75 Å². The molecule has 0 aliphatic rings. The van der Waals surface area contributed by atoms with Gasteiger partial charge in [-0.15, -0.1) is 0 Å². The van der Waals surface area contributed by atoms with Crippen LogP contribution in [-0.2, 0) is 0 Å². The molecule has 0 spiro atoms. The van der Waals surface area contributed by atoms with Crippen molar-refractivity contribution in [1.29, 1.82) is 0 Å². The summed E-state index contributed by atoms with van der Waals surface area (Å²) in [5.74, 6) is -0.393. The molecular formula is C17H16BrCl2NO3. The van der Waals surface area contributed by atoms with Crippen LogP contribution in [0.1, 0.15) is 23.2 Å². The number of nitrogens with one attached hydrogen (secondary N) is 1. The molecule has 0 amide bonds. The van der Waals surface area contributed by atoms with Crippen LogP contribution in [0.3, 0.4) is 0 Å². The van der Waals surface area contributed by atoms with Gasteiger partial charge in [0.25, 0.3) is 0 Å². The second-order valence-corrected chi connectivity index (χ2v) is 6.81. The summed E-state index contributed by atoms with van der Waals surface area (Å²) in [7, 11) is 0. The minimum atomic E-state index is -0.960. The number of benzene rings is 2. The predicted octanol–water partition coefficient (Wildman–Crippen LogP) is 5.73. The summed E-state index contributed by atoms with van der Waals surface area (Å²) >= 11 is 15.2. The van der Waals surface area contributed by atoms with E-state index >= 15 is 0 Å². The normalized spacial score (nSPS) is 10.5. The Balaban J connectivity index is 1.76. The maximum Gasteiger partial charge on any atom is 0.337 e. The van der Waals surface area contributed by atoms with E-state index in [2.05, 4.69) is 21.2 Å².